The van der Waals surface area contributed by atoms with Crippen molar-refractivity contribution in [3.05, 3.63) is 64.7 Å². The Bertz CT molecular complexity index is 671. The lowest BCUT2D eigenvalue weighted by atomic mass is 10.2. The molecule has 0 amide bonds. The van der Waals surface area contributed by atoms with Crippen LogP contribution in [-0.4, -0.2) is 29.1 Å². The van der Waals surface area contributed by atoms with Crippen molar-refractivity contribution < 1.29 is 9.53 Å². The van der Waals surface area contributed by atoms with E-state index in [0.717, 1.165) is 5.56 Å². The summed E-state index contributed by atoms with van der Waals surface area (Å²) in [6, 6.07) is 11.1. The van der Waals surface area contributed by atoms with Crippen molar-refractivity contribution in [3.8, 4) is 0 Å². The molecule has 0 aliphatic rings. The molecule has 1 aromatic heterocycles. The maximum absolute atomic E-state index is 11.5. The lowest BCUT2D eigenvalue weighted by Gasteiger charge is -2.05. The van der Waals surface area contributed by atoms with E-state index in [9.17, 15) is 9.59 Å². The Morgan fingerprint density at radius 1 is 1.27 bits per heavy atom. The fraction of sp³-hybridized carbons (Fsp3) is 0.133. The highest BCUT2D eigenvalue weighted by Crippen LogP contribution is 2.01. The van der Waals surface area contributed by atoms with Crippen LogP contribution in [0.3, 0.4) is 0 Å². The maximum Gasteiger partial charge on any atom is 0.346 e. The summed E-state index contributed by atoms with van der Waals surface area (Å²) >= 11 is 0. The quantitative estimate of drug-likeness (QED) is 0.464. The standard InChI is InChI=1S/C15H15N3O3.BrH/c19-14(7-6-12-4-2-1-3-5-12)21-11-10-16-13-8-9-17-15(20)18-13;/h1-9H,10-11H2,(H2,16,17,18,20);1H/b7-6+;. The van der Waals surface area contributed by atoms with Crippen LogP contribution in [0.4, 0.5) is 5.82 Å². The first-order chi connectivity index (χ1) is 10.2. The molecule has 0 atom stereocenters. The summed E-state index contributed by atoms with van der Waals surface area (Å²) in [7, 11) is 0. The molecule has 7 heteroatoms. The van der Waals surface area contributed by atoms with E-state index in [1.807, 2.05) is 30.3 Å². The van der Waals surface area contributed by atoms with Gasteiger partial charge in [-0.15, -0.1) is 17.0 Å². The lowest BCUT2D eigenvalue weighted by molar-refractivity contribution is -0.137. The molecular weight excluding hydrogens is 350 g/mol. The third-order valence-electron chi connectivity index (χ3n) is 2.55. The number of nitrogens with zero attached hydrogens (tertiary/aromatic N) is 1. The molecular formula is C15H16BrN3O3. The van der Waals surface area contributed by atoms with Crippen molar-refractivity contribution in [2.45, 2.75) is 0 Å². The first kappa shape index (κ1) is 17.6. The SMILES string of the molecule is Br.O=C(/C=C/c1ccccc1)OCCNc1ccnc(=O)[nH]1. The molecule has 6 nitrogen and oxygen atoms in total. The van der Waals surface area contributed by atoms with Crippen LogP contribution in [0.25, 0.3) is 6.08 Å². The van der Waals surface area contributed by atoms with Crippen LogP contribution in [0.1, 0.15) is 5.56 Å². The summed E-state index contributed by atoms with van der Waals surface area (Å²) in [5.41, 5.74) is 0.504. The number of esters is 1. The fourth-order valence-corrected chi connectivity index (χ4v) is 1.59. The largest absolute Gasteiger partial charge is 0.461 e. The number of aromatic nitrogens is 2. The fourth-order valence-electron chi connectivity index (χ4n) is 1.59. The van der Waals surface area contributed by atoms with Crippen molar-refractivity contribution in [3.63, 3.8) is 0 Å². The molecule has 0 aliphatic heterocycles. The van der Waals surface area contributed by atoms with Gasteiger partial charge in [-0.3, -0.25) is 4.98 Å². The molecule has 0 aliphatic carbocycles. The number of rotatable bonds is 6. The van der Waals surface area contributed by atoms with Crippen LogP contribution in [0, 0.1) is 0 Å². The molecule has 2 aromatic rings. The Labute approximate surface area is 138 Å². The Morgan fingerprint density at radius 3 is 2.77 bits per heavy atom. The van der Waals surface area contributed by atoms with Crippen LogP contribution < -0.4 is 11.0 Å². The van der Waals surface area contributed by atoms with Gasteiger partial charge in [0.25, 0.3) is 0 Å². The van der Waals surface area contributed by atoms with Crippen LogP contribution in [-0.2, 0) is 9.53 Å². The number of H-pyrrole nitrogens is 1. The summed E-state index contributed by atoms with van der Waals surface area (Å²) < 4.78 is 5.02. The van der Waals surface area contributed by atoms with E-state index in [1.54, 1.807) is 12.1 Å². The van der Waals surface area contributed by atoms with Crippen molar-refractivity contribution in [2.24, 2.45) is 0 Å². The van der Waals surface area contributed by atoms with Gasteiger partial charge >= 0.3 is 11.7 Å². The van der Waals surface area contributed by atoms with E-state index in [0.29, 0.717) is 12.4 Å². The Morgan fingerprint density at radius 2 is 2.05 bits per heavy atom. The molecule has 0 bridgehead atoms. The predicted octanol–water partition coefficient (Wildman–Crippen LogP) is 2.02. The molecule has 116 valence electrons. The first-order valence-corrected chi connectivity index (χ1v) is 6.43. The van der Waals surface area contributed by atoms with Gasteiger partial charge in [-0.2, -0.15) is 0 Å². The van der Waals surface area contributed by atoms with Crippen molar-refractivity contribution in [1.82, 2.24) is 9.97 Å². The van der Waals surface area contributed by atoms with Crippen LogP contribution >= 0.6 is 17.0 Å². The van der Waals surface area contributed by atoms with Gasteiger partial charge in [-0.1, -0.05) is 30.3 Å². The van der Waals surface area contributed by atoms with Gasteiger partial charge in [0.2, 0.25) is 0 Å². The molecule has 0 saturated heterocycles. The average Bonchev–Trinajstić information content (AvgIpc) is 2.51. The molecule has 0 radical (unpaired) electrons. The molecule has 0 spiro atoms. The number of ether oxygens (including phenoxy) is 1. The van der Waals surface area contributed by atoms with Gasteiger partial charge in [0.05, 0.1) is 6.54 Å². The smallest absolute Gasteiger partial charge is 0.346 e. The van der Waals surface area contributed by atoms with Crippen LogP contribution in [0.2, 0.25) is 0 Å². The zero-order chi connectivity index (χ0) is 14.9. The second kappa shape index (κ2) is 9.51. The lowest BCUT2D eigenvalue weighted by Crippen LogP contribution is -2.16. The van der Waals surface area contributed by atoms with Crippen molar-refractivity contribution in [1.29, 1.82) is 0 Å². The van der Waals surface area contributed by atoms with Crippen LogP contribution in [0.5, 0.6) is 0 Å². The number of carbonyl (C=O) groups is 1. The number of anilines is 1. The Balaban J connectivity index is 0.00000242. The highest BCUT2D eigenvalue weighted by atomic mass is 79.9. The van der Waals surface area contributed by atoms with E-state index in [-0.39, 0.29) is 23.6 Å². The van der Waals surface area contributed by atoms with Gasteiger partial charge in [-0.25, -0.2) is 14.6 Å². The molecule has 2 N–H and O–H groups in total. The molecule has 0 fully saturated rings. The minimum absolute atomic E-state index is 0. The van der Waals surface area contributed by atoms with Gasteiger partial charge in [-0.05, 0) is 17.7 Å². The first-order valence-electron chi connectivity index (χ1n) is 6.43. The minimum atomic E-state index is -0.428. The van der Waals surface area contributed by atoms with Crippen molar-refractivity contribution >= 4 is 34.8 Å². The van der Waals surface area contributed by atoms with Gasteiger partial charge in [0.1, 0.15) is 12.4 Å². The second-order valence-electron chi connectivity index (χ2n) is 4.13. The Kier molecular flexibility index (Phi) is 7.63. The molecule has 0 saturated carbocycles. The molecule has 22 heavy (non-hydrogen) atoms. The highest BCUT2D eigenvalue weighted by molar-refractivity contribution is 8.93. The highest BCUT2D eigenvalue weighted by Gasteiger charge is 1.97. The second-order valence-corrected chi connectivity index (χ2v) is 4.13. The van der Waals surface area contributed by atoms with Gasteiger partial charge < -0.3 is 10.1 Å². The average molecular weight is 366 g/mol. The number of carbonyl (C=O) groups excluding carboxylic acids is 1. The summed E-state index contributed by atoms with van der Waals surface area (Å²) in [6.07, 6.45) is 4.47. The van der Waals surface area contributed by atoms with E-state index < -0.39 is 11.7 Å². The minimum Gasteiger partial charge on any atom is -0.461 e. The summed E-state index contributed by atoms with van der Waals surface area (Å²) in [6.45, 7) is 0.590. The number of aromatic amines is 1. The zero-order valence-electron chi connectivity index (χ0n) is 11.7. The summed E-state index contributed by atoms with van der Waals surface area (Å²) in [5.74, 6) is 0.120. The van der Waals surface area contributed by atoms with E-state index >= 15 is 0 Å². The van der Waals surface area contributed by atoms with Crippen molar-refractivity contribution in [2.75, 3.05) is 18.5 Å². The number of halogens is 1. The molecule has 2 rings (SSSR count). The predicted molar refractivity (Wildman–Crippen MR) is 90.1 cm³/mol. The topological polar surface area (TPSA) is 84.1 Å². The van der Waals surface area contributed by atoms with Gasteiger partial charge in [0.15, 0.2) is 0 Å². The molecule has 0 unspecified atom stereocenters. The number of hydrogen-bond acceptors (Lipinski definition) is 5. The number of hydrogen-bond donors (Lipinski definition) is 2. The van der Waals surface area contributed by atoms with Gasteiger partial charge in [0, 0.05) is 12.3 Å². The zero-order valence-corrected chi connectivity index (χ0v) is 13.4. The summed E-state index contributed by atoms with van der Waals surface area (Å²) in [4.78, 5) is 28.4. The Hall–Kier alpha value is -2.41. The number of nitrogens with one attached hydrogen (secondary N) is 2. The molecule has 1 aromatic carbocycles. The summed E-state index contributed by atoms with van der Waals surface area (Å²) in [5, 5.41) is 2.92. The van der Waals surface area contributed by atoms with E-state index in [1.165, 1.54) is 12.3 Å². The van der Waals surface area contributed by atoms with Crippen LogP contribution in [0.15, 0.2) is 53.5 Å². The monoisotopic (exact) mass is 365 g/mol. The van der Waals surface area contributed by atoms with E-state index in [2.05, 4.69) is 15.3 Å². The maximum atomic E-state index is 11.5. The number of benzene rings is 1. The van der Waals surface area contributed by atoms with E-state index in [4.69, 9.17) is 4.74 Å². The third-order valence-corrected chi connectivity index (χ3v) is 2.55. The normalized spacial score (nSPS) is 10.0. The third kappa shape index (κ3) is 6.36. The molecule has 1 heterocycles.